The summed E-state index contributed by atoms with van der Waals surface area (Å²) in [5.74, 6) is 0. The first-order chi connectivity index (χ1) is 10.2. The van der Waals surface area contributed by atoms with Crippen LogP contribution < -0.4 is 0 Å². The molecule has 12 heteroatoms. The van der Waals surface area contributed by atoms with Crippen molar-refractivity contribution in [2.24, 2.45) is 0 Å². The molecule has 0 heterocycles. The molecule has 0 aromatic heterocycles. The second kappa shape index (κ2) is 8.27. The maximum Gasteiger partial charge on any atom is 0.384 e. The van der Waals surface area contributed by atoms with E-state index in [0.29, 0.717) is 3.12 Å². The van der Waals surface area contributed by atoms with E-state index >= 15 is 0 Å². The maximum atomic E-state index is 12.5. The van der Waals surface area contributed by atoms with E-state index in [0.717, 1.165) is 20.3 Å². The lowest BCUT2D eigenvalue weighted by molar-refractivity contribution is 0.200. The normalized spacial score (nSPS) is 11.3. The average molecular weight is 406 g/mol. The van der Waals surface area contributed by atoms with Gasteiger partial charge in [-0.25, -0.2) is 18.0 Å². The molecule has 122 valence electrons. The molecule has 0 aliphatic carbocycles. The molecule has 1 aromatic carbocycles. The predicted molar refractivity (Wildman–Crippen MR) is 85.5 cm³/mol. The highest BCUT2D eigenvalue weighted by atomic mass is 35.5. The first-order valence-corrected chi connectivity index (χ1v) is 8.99. The highest BCUT2D eigenvalue weighted by Crippen LogP contribution is 2.35. The Hall–Kier alpha value is -0.650. The van der Waals surface area contributed by atoms with Gasteiger partial charge in [-0.05, 0) is 18.2 Å². The van der Waals surface area contributed by atoms with Gasteiger partial charge in [-0.2, -0.15) is 0 Å². The monoisotopic (exact) mass is 405 g/mol. The van der Waals surface area contributed by atoms with E-state index < -0.39 is 20.6 Å². The summed E-state index contributed by atoms with van der Waals surface area (Å²) >= 11 is 11.8. The summed E-state index contributed by atoms with van der Waals surface area (Å²) < 4.78 is 34.1. The molecule has 7 nitrogen and oxygen atoms in total. The Bertz CT molecular complexity index is 663. The number of nitrogens with zero attached hydrogens (tertiary/aromatic N) is 1. The molecule has 0 spiro atoms. The van der Waals surface area contributed by atoms with Crippen molar-refractivity contribution in [2.75, 3.05) is 14.2 Å². The molecular formula is C10H9Cl2NO6S3. The standard InChI is InChI=1S/C10H9Cl2NO6S3/c1-18-9(14)20-13(21-10(15)19-2)22(16,17)6-3-4-7(11)8(12)5-6/h3-5H,1-2H3. The first-order valence-electron chi connectivity index (χ1n) is 5.24. The summed E-state index contributed by atoms with van der Waals surface area (Å²) in [7, 11) is -2.09. The second-order valence-corrected chi connectivity index (χ2v) is 8.42. The van der Waals surface area contributed by atoms with Crippen molar-refractivity contribution in [2.45, 2.75) is 4.90 Å². The summed E-state index contributed by atoms with van der Waals surface area (Å²) in [5, 5.41) is -1.69. The topological polar surface area (TPSA) is 90.0 Å². The Balaban J connectivity index is 3.21. The van der Waals surface area contributed by atoms with Gasteiger partial charge in [-0.3, -0.25) is 0 Å². The molecule has 1 aromatic rings. The molecule has 1 rings (SSSR count). The van der Waals surface area contributed by atoms with E-state index in [1.54, 1.807) is 0 Å². The summed E-state index contributed by atoms with van der Waals surface area (Å²) in [6.07, 6.45) is 0. The van der Waals surface area contributed by atoms with Gasteiger partial charge in [0.15, 0.2) is 0 Å². The zero-order chi connectivity index (χ0) is 16.9. The van der Waals surface area contributed by atoms with E-state index in [-0.39, 0.29) is 38.8 Å². The molecule has 0 fully saturated rings. The Morgan fingerprint density at radius 3 is 1.95 bits per heavy atom. The van der Waals surface area contributed by atoms with Gasteiger partial charge >= 0.3 is 10.6 Å². The predicted octanol–water partition coefficient (Wildman–Crippen LogP) is 3.81. The molecule has 0 saturated heterocycles. The molecule has 0 N–H and O–H groups in total. The number of rotatable bonds is 4. The van der Waals surface area contributed by atoms with Crippen molar-refractivity contribution >= 4 is 67.7 Å². The number of methoxy groups -OCH3 is 2. The molecule has 0 aliphatic heterocycles. The van der Waals surface area contributed by atoms with Crippen LogP contribution in [0.25, 0.3) is 0 Å². The lowest BCUT2D eigenvalue weighted by atomic mass is 10.4. The van der Waals surface area contributed by atoms with Crippen molar-refractivity contribution in [3.63, 3.8) is 0 Å². The van der Waals surface area contributed by atoms with Crippen molar-refractivity contribution in [1.82, 2.24) is 3.12 Å². The molecule has 0 radical (unpaired) electrons. The smallest absolute Gasteiger partial charge is 0.384 e. The van der Waals surface area contributed by atoms with Gasteiger partial charge in [0.05, 0.1) is 53.1 Å². The van der Waals surface area contributed by atoms with Crippen LogP contribution in [0.15, 0.2) is 23.1 Å². The van der Waals surface area contributed by atoms with Gasteiger partial charge in [-0.15, -0.1) is 0 Å². The maximum absolute atomic E-state index is 12.5. The number of halogens is 2. The van der Waals surface area contributed by atoms with E-state index in [1.807, 2.05) is 0 Å². The van der Waals surface area contributed by atoms with E-state index in [2.05, 4.69) is 9.47 Å². The largest absolute Gasteiger partial charge is 0.460 e. The van der Waals surface area contributed by atoms with Crippen LogP contribution in [0.2, 0.25) is 10.0 Å². The molecule has 0 unspecified atom stereocenters. The van der Waals surface area contributed by atoms with Crippen molar-refractivity contribution in [3.8, 4) is 0 Å². The summed E-state index contributed by atoms with van der Waals surface area (Å²) in [6.45, 7) is 0. The minimum Gasteiger partial charge on any atom is -0.460 e. The number of hydrogen-bond donors (Lipinski definition) is 0. The fourth-order valence-electron chi connectivity index (χ4n) is 1.04. The van der Waals surface area contributed by atoms with Crippen molar-refractivity contribution in [1.29, 1.82) is 0 Å². The van der Waals surface area contributed by atoms with Gasteiger partial charge in [0.2, 0.25) is 0 Å². The third-order valence-corrected chi connectivity index (χ3v) is 7.00. The molecule has 0 aliphatic rings. The highest BCUT2D eigenvalue weighted by Gasteiger charge is 2.32. The van der Waals surface area contributed by atoms with Gasteiger partial charge in [0, 0.05) is 0 Å². The number of hydrogen-bond acceptors (Lipinski definition) is 8. The van der Waals surface area contributed by atoms with E-state index in [9.17, 15) is 18.0 Å². The van der Waals surface area contributed by atoms with Crippen LogP contribution in [-0.2, 0) is 19.5 Å². The Labute approximate surface area is 145 Å². The molecule has 0 amide bonds. The second-order valence-electron chi connectivity index (χ2n) is 3.37. The lowest BCUT2D eigenvalue weighted by Gasteiger charge is -2.17. The lowest BCUT2D eigenvalue weighted by Crippen LogP contribution is -2.22. The molecule has 0 atom stereocenters. The Morgan fingerprint density at radius 2 is 1.55 bits per heavy atom. The van der Waals surface area contributed by atoms with Crippen LogP contribution >= 0.6 is 47.1 Å². The van der Waals surface area contributed by atoms with Gasteiger partial charge in [0.25, 0.3) is 10.0 Å². The van der Waals surface area contributed by atoms with Gasteiger partial charge in [0.1, 0.15) is 0 Å². The number of ether oxygens (including phenoxy) is 2. The van der Waals surface area contributed by atoms with Crippen LogP contribution in [0.3, 0.4) is 0 Å². The van der Waals surface area contributed by atoms with Crippen LogP contribution in [0.4, 0.5) is 9.59 Å². The van der Waals surface area contributed by atoms with Crippen molar-refractivity contribution < 1.29 is 27.5 Å². The fourth-order valence-corrected chi connectivity index (χ4v) is 4.65. The number of sulfonamides is 1. The minimum absolute atomic E-state index is 0.00817. The van der Waals surface area contributed by atoms with Crippen LogP contribution in [0.1, 0.15) is 0 Å². The summed E-state index contributed by atoms with van der Waals surface area (Å²) in [4.78, 5) is 22.4. The van der Waals surface area contributed by atoms with Crippen LogP contribution in [0, 0.1) is 0 Å². The molecular weight excluding hydrogens is 397 g/mol. The van der Waals surface area contributed by atoms with E-state index in [1.165, 1.54) is 12.1 Å². The van der Waals surface area contributed by atoms with Crippen LogP contribution in [0.5, 0.6) is 0 Å². The van der Waals surface area contributed by atoms with Gasteiger partial charge < -0.3 is 9.47 Å². The third-order valence-electron chi connectivity index (χ3n) is 2.02. The number of carbonyl (C=O) groups excluding carboxylic acids is 2. The third kappa shape index (κ3) is 4.93. The number of benzene rings is 1. The SMILES string of the molecule is COC(=O)SN(SC(=O)OC)S(=O)(=O)c1ccc(Cl)c(Cl)c1. The zero-order valence-electron chi connectivity index (χ0n) is 11.1. The summed E-state index contributed by atoms with van der Waals surface area (Å²) in [6, 6.07) is 3.56. The van der Waals surface area contributed by atoms with Crippen molar-refractivity contribution in [3.05, 3.63) is 28.2 Å². The first kappa shape index (κ1) is 19.4. The Morgan fingerprint density at radius 1 is 1.05 bits per heavy atom. The molecule has 0 bridgehead atoms. The minimum atomic E-state index is -4.24. The average Bonchev–Trinajstić information content (AvgIpc) is 2.48. The Kier molecular flexibility index (Phi) is 7.29. The summed E-state index contributed by atoms with van der Waals surface area (Å²) in [5.41, 5.74) is 0. The quantitative estimate of drug-likeness (QED) is 0.551. The number of carbonyl (C=O) groups is 2. The van der Waals surface area contributed by atoms with E-state index in [4.69, 9.17) is 23.2 Å². The zero-order valence-corrected chi connectivity index (χ0v) is 15.1. The molecule has 22 heavy (non-hydrogen) atoms. The highest BCUT2D eigenvalue weighted by molar-refractivity contribution is 8.32. The fraction of sp³-hybridized carbons (Fsp3) is 0.200. The van der Waals surface area contributed by atoms with Gasteiger partial charge in [-0.1, -0.05) is 26.3 Å². The van der Waals surface area contributed by atoms with Crippen LogP contribution in [-0.4, -0.2) is 36.4 Å². The molecule has 0 saturated carbocycles.